The van der Waals surface area contributed by atoms with Gasteiger partial charge in [0.1, 0.15) is 30.3 Å². The summed E-state index contributed by atoms with van der Waals surface area (Å²) in [5.74, 6) is -3.37. The maximum absolute atomic E-state index is 14.8. The van der Waals surface area contributed by atoms with Crippen molar-refractivity contribution >= 4 is 30.9 Å². The summed E-state index contributed by atoms with van der Waals surface area (Å²) in [7, 11) is -1.40. The number of hydrogen-bond acceptors (Lipinski definition) is 6. The Hall–Kier alpha value is -3.27. The molecule has 1 aromatic carbocycles. The van der Waals surface area contributed by atoms with Gasteiger partial charge in [-0.1, -0.05) is 19.6 Å². The number of hydrogen-bond donors (Lipinski definition) is 2. The standard InChI is InChI=1S/C25H28F5N3O6Si/c1-40(2,3)7-6-36-14-33-10-16(24(11-37-12-24)38-13-25(28,29)30)20-19(4-5-31-22(20)33)39-21-17(26)8-15(9-18(21)27)32-23(34)35/h4-5,8-10,32H,6-7,11-14H2,1-3H3,(H,34,35). The second-order valence-corrected chi connectivity index (χ2v) is 16.2. The molecule has 0 spiro atoms. The number of anilines is 1. The molecule has 3 heterocycles. The van der Waals surface area contributed by atoms with Gasteiger partial charge in [-0.15, -0.1) is 0 Å². The third kappa shape index (κ3) is 6.89. The highest BCUT2D eigenvalue weighted by atomic mass is 28.3. The average molecular weight is 590 g/mol. The Balaban J connectivity index is 1.76. The van der Waals surface area contributed by atoms with Crippen molar-refractivity contribution in [2.24, 2.45) is 0 Å². The van der Waals surface area contributed by atoms with Crippen LogP contribution in [0.5, 0.6) is 11.5 Å². The summed E-state index contributed by atoms with van der Waals surface area (Å²) in [6, 6.07) is 3.65. The minimum absolute atomic E-state index is 0.00587. The zero-order valence-corrected chi connectivity index (χ0v) is 22.9. The number of pyridine rings is 1. The minimum Gasteiger partial charge on any atom is -0.465 e. The third-order valence-electron chi connectivity index (χ3n) is 6.08. The van der Waals surface area contributed by atoms with Gasteiger partial charge in [-0.2, -0.15) is 13.2 Å². The maximum Gasteiger partial charge on any atom is 0.411 e. The molecule has 15 heteroatoms. The number of nitrogens with one attached hydrogen (secondary N) is 1. The monoisotopic (exact) mass is 589 g/mol. The second kappa shape index (κ2) is 11.3. The van der Waals surface area contributed by atoms with Crippen LogP contribution >= 0.6 is 0 Å². The van der Waals surface area contributed by atoms with Crippen molar-refractivity contribution in [1.29, 1.82) is 0 Å². The van der Waals surface area contributed by atoms with E-state index in [0.29, 0.717) is 6.61 Å². The molecule has 9 nitrogen and oxygen atoms in total. The Bertz CT molecular complexity index is 1360. The first kappa shape index (κ1) is 29.7. The largest absolute Gasteiger partial charge is 0.465 e. The second-order valence-electron chi connectivity index (χ2n) is 10.6. The van der Waals surface area contributed by atoms with Crippen molar-refractivity contribution < 1.29 is 50.8 Å². The quantitative estimate of drug-likeness (QED) is 0.153. The van der Waals surface area contributed by atoms with Gasteiger partial charge in [-0.25, -0.2) is 18.6 Å². The van der Waals surface area contributed by atoms with E-state index < -0.39 is 49.9 Å². The highest BCUT2D eigenvalue weighted by molar-refractivity contribution is 6.76. The first-order valence-electron chi connectivity index (χ1n) is 12.2. The fourth-order valence-electron chi connectivity index (χ4n) is 4.04. The van der Waals surface area contributed by atoms with E-state index in [-0.39, 0.29) is 48.0 Å². The average Bonchev–Trinajstić information content (AvgIpc) is 3.16. The lowest BCUT2D eigenvalue weighted by molar-refractivity contribution is -0.267. The van der Waals surface area contributed by atoms with E-state index in [4.69, 9.17) is 24.1 Å². The predicted molar refractivity (Wildman–Crippen MR) is 136 cm³/mol. The fraction of sp³-hybridized carbons (Fsp3) is 0.440. The third-order valence-corrected chi connectivity index (χ3v) is 7.78. The number of halogens is 5. The van der Waals surface area contributed by atoms with Gasteiger partial charge in [-0.05, 0) is 12.1 Å². The summed E-state index contributed by atoms with van der Waals surface area (Å²) in [6.07, 6.45) is -3.30. The zero-order valence-electron chi connectivity index (χ0n) is 21.9. The number of nitrogens with zero attached hydrogens (tertiary/aromatic N) is 2. The number of rotatable bonds is 11. The van der Waals surface area contributed by atoms with Crippen LogP contribution in [0, 0.1) is 11.6 Å². The molecule has 1 amide bonds. The molecule has 218 valence electrons. The van der Waals surface area contributed by atoms with Gasteiger partial charge >= 0.3 is 12.3 Å². The summed E-state index contributed by atoms with van der Waals surface area (Å²) < 4.78 is 92.5. The van der Waals surface area contributed by atoms with E-state index in [1.165, 1.54) is 18.5 Å². The van der Waals surface area contributed by atoms with Crippen molar-refractivity contribution in [2.45, 2.75) is 44.2 Å². The Morgan fingerprint density at radius 1 is 1.23 bits per heavy atom. The van der Waals surface area contributed by atoms with Gasteiger partial charge in [0.2, 0.25) is 0 Å². The normalized spacial score (nSPS) is 15.2. The molecule has 0 radical (unpaired) electrons. The smallest absolute Gasteiger partial charge is 0.411 e. The van der Waals surface area contributed by atoms with Gasteiger partial charge < -0.3 is 28.6 Å². The van der Waals surface area contributed by atoms with Crippen LogP contribution in [-0.4, -0.2) is 61.4 Å². The molecule has 3 aromatic rings. The number of alkyl halides is 3. The lowest BCUT2D eigenvalue weighted by Crippen LogP contribution is -2.50. The molecule has 0 saturated carbocycles. The van der Waals surface area contributed by atoms with Crippen LogP contribution in [0.3, 0.4) is 0 Å². The Labute approximate surface area is 226 Å². The summed E-state index contributed by atoms with van der Waals surface area (Å²) in [6.45, 7) is 5.06. The molecule has 0 bridgehead atoms. The Morgan fingerprint density at radius 3 is 2.45 bits per heavy atom. The van der Waals surface area contributed by atoms with Crippen LogP contribution in [0.15, 0.2) is 30.6 Å². The summed E-state index contributed by atoms with van der Waals surface area (Å²) in [5, 5.41) is 10.8. The van der Waals surface area contributed by atoms with E-state index in [0.717, 1.165) is 18.2 Å². The van der Waals surface area contributed by atoms with Gasteiger partial charge in [0.25, 0.3) is 0 Å². The van der Waals surface area contributed by atoms with Crippen molar-refractivity contribution in [3.63, 3.8) is 0 Å². The van der Waals surface area contributed by atoms with E-state index in [1.54, 1.807) is 4.57 Å². The molecule has 1 fully saturated rings. The number of amides is 1. The lowest BCUT2D eigenvalue weighted by atomic mass is 9.91. The van der Waals surface area contributed by atoms with Crippen LogP contribution in [0.1, 0.15) is 5.56 Å². The summed E-state index contributed by atoms with van der Waals surface area (Å²) in [4.78, 5) is 15.2. The predicted octanol–water partition coefficient (Wildman–Crippen LogP) is 6.31. The van der Waals surface area contributed by atoms with Gasteiger partial charge in [-0.3, -0.25) is 5.32 Å². The van der Waals surface area contributed by atoms with Crippen molar-refractivity contribution in [3.8, 4) is 11.5 Å². The van der Waals surface area contributed by atoms with E-state index >= 15 is 0 Å². The van der Waals surface area contributed by atoms with Crippen molar-refractivity contribution in [1.82, 2.24) is 9.55 Å². The molecule has 40 heavy (non-hydrogen) atoms. The van der Waals surface area contributed by atoms with Gasteiger partial charge in [0.05, 0.1) is 24.3 Å². The van der Waals surface area contributed by atoms with E-state index in [2.05, 4.69) is 24.6 Å². The molecule has 1 saturated heterocycles. The highest BCUT2D eigenvalue weighted by Gasteiger charge is 2.47. The Morgan fingerprint density at radius 2 is 1.90 bits per heavy atom. The van der Waals surface area contributed by atoms with Gasteiger partial charge in [0.15, 0.2) is 17.4 Å². The molecule has 1 aliphatic heterocycles. The number of benzene rings is 1. The first-order chi connectivity index (χ1) is 18.7. The van der Waals surface area contributed by atoms with Crippen LogP contribution < -0.4 is 10.1 Å². The SMILES string of the molecule is C[Si](C)(C)CCOCn1cc(C2(OCC(F)(F)F)COC2)c2c(Oc3c(F)cc(NC(=O)O)cc3F)ccnc21. The Kier molecular flexibility index (Phi) is 8.40. The molecule has 1 aliphatic rings. The number of aromatic nitrogens is 2. The summed E-state index contributed by atoms with van der Waals surface area (Å²) >= 11 is 0. The van der Waals surface area contributed by atoms with Crippen molar-refractivity contribution in [2.75, 3.05) is 31.7 Å². The van der Waals surface area contributed by atoms with Crippen molar-refractivity contribution in [3.05, 3.63) is 47.8 Å². The molecule has 2 aromatic heterocycles. The van der Waals surface area contributed by atoms with E-state index in [9.17, 15) is 26.7 Å². The highest BCUT2D eigenvalue weighted by Crippen LogP contribution is 2.44. The molecule has 0 atom stereocenters. The number of carboxylic acid groups (broad SMARTS) is 1. The van der Waals surface area contributed by atoms with Gasteiger partial charge in [0, 0.05) is 44.8 Å². The topological polar surface area (TPSA) is 104 Å². The molecule has 2 N–H and O–H groups in total. The molecule has 0 unspecified atom stereocenters. The van der Waals surface area contributed by atoms with Crippen LogP contribution in [-0.2, 0) is 26.5 Å². The fourth-order valence-corrected chi connectivity index (χ4v) is 4.80. The maximum atomic E-state index is 14.8. The van der Waals surface area contributed by atoms with Crippen LogP contribution in [0.2, 0.25) is 25.7 Å². The molecular formula is C25H28F5N3O6Si. The molecule has 0 aliphatic carbocycles. The molecule has 4 rings (SSSR count). The number of ether oxygens (including phenoxy) is 4. The van der Waals surface area contributed by atoms with Crippen LogP contribution in [0.25, 0.3) is 11.0 Å². The zero-order chi connectivity index (χ0) is 29.3. The van der Waals surface area contributed by atoms with Crippen LogP contribution in [0.4, 0.5) is 32.4 Å². The number of fused-ring (bicyclic) bond motifs is 1. The lowest BCUT2D eigenvalue weighted by Gasteiger charge is -2.41. The minimum atomic E-state index is -4.61. The summed E-state index contributed by atoms with van der Waals surface area (Å²) in [5.41, 5.74) is -1.43. The van der Waals surface area contributed by atoms with E-state index in [1.807, 2.05) is 5.32 Å². The molecular weight excluding hydrogens is 561 g/mol. The number of carbonyl (C=O) groups is 1. The first-order valence-corrected chi connectivity index (χ1v) is 15.9.